The molecular formula is C17H23ClN2O2. The first-order valence-corrected chi connectivity index (χ1v) is 7.76. The number of para-hydroxylation sites is 1. The fraction of sp³-hybridized carbons (Fsp3) is 0.471. The molecule has 4 nitrogen and oxygen atoms in total. The van der Waals surface area contributed by atoms with Crippen molar-refractivity contribution in [2.24, 2.45) is 11.7 Å². The summed E-state index contributed by atoms with van der Waals surface area (Å²) in [4.78, 5) is 12.5. The number of amides is 1. The van der Waals surface area contributed by atoms with Crippen LogP contribution in [0.1, 0.15) is 42.5 Å². The molecule has 5 heteroatoms. The molecule has 1 amide bonds. The summed E-state index contributed by atoms with van der Waals surface area (Å²) in [6.07, 6.45) is 7.64. The van der Waals surface area contributed by atoms with E-state index >= 15 is 0 Å². The molecule has 1 atom stereocenters. The Morgan fingerprint density at radius 1 is 1.27 bits per heavy atom. The number of benzene rings is 1. The number of fused-ring (bicyclic) bond motifs is 1. The van der Waals surface area contributed by atoms with Gasteiger partial charge in [-0.2, -0.15) is 0 Å². The van der Waals surface area contributed by atoms with Crippen LogP contribution in [-0.4, -0.2) is 18.5 Å². The van der Waals surface area contributed by atoms with Gasteiger partial charge in [0.05, 0.1) is 5.56 Å². The van der Waals surface area contributed by atoms with Gasteiger partial charge in [-0.3, -0.25) is 4.79 Å². The Morgan fingerprint density at radius 3 is 2.73 bits per heavy atom. The Balaban J connectivity index is 0.00000176. The second-order valence-corrected chi connectivity index (χ2v) is 5.86. The third-order valence-electron chi connectivity index (χ3n) is 4.51. The monoisotopic (exact) mass is 322 g/mol. The Bertz CT molecular complexity index is 620. The maximum Gasteiger partial charge on any atom is 0.255 e. The highest BCUT2D eigenvalue weighted by atomic mass is 35.5. The summed E-state index contributed by atoms with van der Waals surface area (Å²) < 4.78 is 5.44. The largest absolute Gasteiger partial charge is 0.463 e. The summed E-state index contributed by atoms with van der Waals surface area (Å²) in [7, 11) is 0. The van der Waals surface area contributed by atoms with Gasteiger partial charge in [-0.25, -0.2) is 0 Å². The molecule has 1 aliphatic rings. The number of halogens is 1. The first-order chi connectivity index (χ1) is 10.3. The van der Waals surface area contributed by atoms with Crippen LogP contribution >= 0.6 is 12.4 Å². The van der Waals surface area contributed by atoms with Gasteiger partial charge in [-0.1, -0.05) is 37.5 Å². The van der Waals surface area contributed by atoms with Crippen LogP contribution in [0.4, 0.5) is 0 Å². The van der Waals surface area contributed by atoms with E-state index in [1.807, 2.05) is 24.3 Å². The minimum Gasteiger partial charge on any atom is -0.463 e. The third-order valence-corrected chi connectivity index (χ3v) is 4.51. The van der Waals surface area contributed by atoms with E-state index in [0.29, 0.717) is 18.0 Å². The fourth-order valence-electron chi connectivity index (χ4n) is 3.31. The second kappa shape index (κ2) is 7.65. The van der Waals surface area contributed by atoms with E-state index in [9.17, 15) is 4.79 Å². The zero-order valence-electron chi connectivity index (χ0n) is 12.6. The molecule has 0 bridgehead atoms. The molecule has 0 aliphatic heterocycles. The molecule has 1 fully saturated rings. The zero-order chi connectivity index (χ0) is 14.7. The quantitative estimate of drug-likeness (QED) is 0.905. The van der Waals surface area contributed by atoms with E-state index in [0.717, 1.165) is 23.8 Å². The summed E-state index contributed by atoms with van der Waals surface area (Å²) in [5, 5.41) is 3.96. The van der Waals surface area contributed by atoms with Crippen molar-refractivity contribution in [2.75, 3.05) is 6.54 Å². The Morgan fingerprint density at radius 2 is 2.00 bits per heavy atom. The van der Waals surface area contributed by atoms with Crippen molar-refractivity contribution in [2.45, 2.75) is 38.1 Å². The predicted octanol–water partition coefficient (Wildman–Crippen LogP) is 3.49. The van der Waals surface area contributed by atoms with E-state index in [-0.39, 0.29) is 24.4 Å². The lowest BCUT2D eigenvalue weighted by Crippen LogP contribution is -2.45. The average molecular weight is 323 g/mol. The van der Waals surface area contributed by atoms with Crippen LogP contribution in [0.25, 0.3) is 11.0 Å². The molecule has 1 heterocycles. The van der Waals surface area contributed by atoms with Gasteiger partial charge < -0.3 is 15.5 Å². The second-order valence-electron chi connectivity index (χ2n) is 5.86. The molecular weight excluding hydrogens is 300 g/mol. The summed E-state index contributed by atoms with van der Waals surface area (Å²) in [5.41, 5.74) is 7.22. The van der Waals surface area contributed by atoms with Crippen LogP contribution in [0.2, 0.25) is 0 Å². The van der Waals surface area contributed by atoms with Crippen LogP contribution in [0.3, 0.4) is 0 Å². The standard InChI is InChI=1S/C17H22N2O2.ClH/c18-10-15(12-6-2-1-3-7-12)19-17(20)14-11-21-16-9-5-4-8-13(14)16;/h4-5,8-9,11-12,15H,1-3,6-7,10,18H2,(H,19,20);1H. The number of carbonyl (C=O) groups is 1. The fourth-order valence-corrected chi connectivity index (χ4v) is 3.31. The molecule has 0 radical (unpaired) electrons. The maximum atomic E-state index is 12.5. The minimum atomic E-state index is -0.0824. The Labute approximate surface area is 136 Å². The Kier molecular flexibility index (Phi) is 5.86. The highest BCUT2D eigenvalue weighted by molar-refractivity contribution is 6.06. The normalized spacial score (nSPS) is 17.0. The predicted molar refractivity (Wildman–Crippen MR) is 90.3 cm³/mol. The van der Waals surface area contributed by atoms with Crippen LogP contribution in [0.5, 0.6) is 0 Å². The molecule has 0 saturated heterocycles. The first-order valence-electron chi connectivity index (χ1n) is 7.76. The number of nitrogens with one attached hydrogen (secondary N) is 1. The van der Waals surface area contributed by atoms with E-state index < -0.39 is 0 Å². The van der Waals surface area contributed by atoms with Crippen molar-refractivity contribution >= 4 is 29.3 Å². The van der Waals surface area contributed by atoms with Gasteiger partial charge in [0, 0.05) is 18.0 Å². The molecule has 1 unspecified atom stereocenters. The van der Waals surface area contributed by atoms with Crippen LogP contribution in [-0.2, 0) is 0 Å². The lowest BCUT2D eigenvalue weighted by Gasteiger charge is -2.30. The molecule has 1 saturated carbocycles. The van der Waals surface area contributed by atoms with Crippen molar-refractivity contribution in [3.8, 4) is 0 Å². The topological polar surface area (TPSA) is 68.3 Å². The van der Waals surface area contributed by atoms with E-state index in [1.165, 1.54) is 25.5 Å². The highest BCUT2D eigenvalue weighted by Gasteiger charge is 2.25. The van der Waals surface area contributed by atoms with Crippen molar-refractivity contribution in [1.29, 1.82) is 0 Å². The summed E-state index contributed by atoms with van der Waals surface area (Å²) in [6, 6.07) is 7.65. The Hall–Kier alpha value is -1.52. The van der Waals surface area contributed by atoms with Gasteiger partial charge in [-0.15, -0.1) is 12.4 Å². The van der Waals surface area contributed by atoms with Gasteiger partial charge in [0.25, 0.3) is 5.91 Å². The van der Waals surface area contributed by atoms with Crippen molar-refractivity contribution in [3.63, 3.8) is 0 Å². The van der Waals surface area contributed by atoms with Gasteiger partial charge >= 0.3 is 0 Å². The minimum absolute atomic E-state index is 0. The van der Waals surface area contributed by atoms with Gasteiger partial charge in [0.1, 0.15) is 11.8 Å². The van der Waals surface area contributed by atoms with Crippen molar-refractivity contribution in [3.05, 3.63) is 36.1 Å². The van der Waals surface area contributed by atoms with Crippen molar-refractivity contribution < 1.29 is 9.21 Å². The molecule has 2 aromatic rings. The van der Waals surface area contributed by atoms with E-state index in [2.05, 4.69) is 5.32 Å². The number of hydrogen-bond acceptors (Lipinski definition) is 3. The molecule has 120 valence electrons. The summed E-state index contributed by atoms with van der Waals surface area (Å²) in [6.45, 7) is 0.492. The number of furan rings is 1. The maximum absolute atomic E-state index is 12.5. The lowest BCUT2D eigenvalue weighted by molar-refractivity contribution is 0.0916. The number of carbonyl (C=O) groups excluding carboxylic acids is 1. The van der Waals surface area contributed by atoms with Gasteiger partial charge in [-0.05, 0) is 24.8 Å². The van der Waals surface area contributed by atoms with Crippen LogP contribution in [0, 0.1) is 5.92 Å². The van der Waals surface area contributed by atoms with E-state index in [4.69, 9.17) is 10.2 Å². The molecule has 22 heavy (non-hydrogen) atoms. The molecule has 3 N–H and O–H groups in total. The molecule has 3 rings (SSSR count). The smallest absolute Gasteiger partial charge is 0.255 e. The van der Waals surface area contributed by atoms with Crippen LogP contribution in [0.15, 0.2) is 34.9 Å². The molecule has 1 aliphatic carbocycles. The van der Waals surface area contributed by atoms with Gasteiger partial charge in [0.15, 0.2) is 0 Å². The number of nitrogens with two attached hydrogens (primary N) is 1. The van der Waals surface area contributed by atoms with Crippen molar-refractivity contribution in [1.82, 2.24) is 5.32 Å². The summed E-state index contributed by atoms with van der Waals surface area (Å²) in [5.74, 6) is 0.423. The van der Waals surface area contributed by atoms with Gasteiger partial charge in [0.2, 0.25) is 0 Å². The molecule has 1 aromatic heterocycles. The number of hydrogen-bond donors (Lipinski definition) is 2. The zero-order valence-corrected chi connectivity index (χ0v) is 13.4. The summed E-state index contributed by atoms with van der Waals surface area (Å²) >= 11 is 0. The SMILES string of the molecule is Cl.NCC(NC(=O)c1coc2ccccc12)C1CCCCC1. The highest BCUT2D eigenvalue weighted by Crippen LogP contribution is 2.27. The average Bonchev–Trinajstić information content (AvgIpc) is 2.97. The number of rotatable bonds is 4. The molecule has 1 aromatic carbocycles. The lowest BCUT2D eigenvalue weighted by atomic mass is 9.84. The van der Waals surface area contributed by atoms with Crippen LogP contribution < -0.4 is 11.1 Å². The molecule has 0 spiro atoms. The third kappa shape index (κ3) is 3.45. The first kappa shape index (κ1) is 16.8. The van der Waals surface area contributed by atoms with E-state index in [1.54, 1.807) is 0 Å².